The second-order valence-corrected chi connectivity index (χ2v) is 10.1. The van der Waals surface area contributed by atoms with E-state index in [2.05, 4.69) is 44.6 Å². The summed E-state index contributed by atoms with van der Waals surface area (Å²) in [4.78, 5) is 11.6. The number of rotatable bonds is 8. The van der Waals surface area contributed by atoms with Gasteiger partial charge in [0, 0.05) is 38.1 Å². The molecule has 0 aliphatic carbocycles. The van der Waals surface area contributed by atoms with Crippen molar-refractivity contribution in [2.24, 2.45) is 10.9 Å². The number of piperidine rings is 1. The monoisotopic (exact) mass is 537 g/mol. The van der Waals surface area contributed by atoms with Crippen LogP contribution in [-0.4, -0.2) is 57.0 Å². The highest BCUT2D eigenvalue weighted by Gasteiger charge is 2.16. The lowest BCUT2D eigenvalue weighted by atomic mass is 9.99. The number of hydrogen-bond acceptors (Lipinski definition) is 5. The number of anilines is 1. The molecule has 0 aromatic carbocycles. The normalized spacial score (nSPS) is 16.8. The molecule has 1 aliphatic heterocycles. The van der Waals surface area contributed by atoms with Crippen molar-refractivity contribution in [3.05, 3.63) is 23.9 Å². The minimum Gasteiger partial charge on any atom is -0.357 e. The van der Waals surface area contributed by atoms with Crippen molar-refractivity contribution in [1.29, 1.82) is 0 Å². The van der Waals surface area contributed by atoms with Crippen molar-refractivity contribution in [3.8, 4) is 0 Å². The molecule has 0 amide bonds. The summed E-state index contributed by atoms with van der Waals surface area (Å²) >= 11 is 0. The van der Waals surface area contributed by atoms with Gasteiger partial charge in [0.25, 0.3) is 0 Å². The van der Waals surface area contributed by atoms with E-state index in [-0.39, 0.29) is 35.8 Å². The topological polar surface area (TPSA) is 86.7 Å². The van der Waals surface area contributed by atoms with Crippen molar-refractivity contribution in [2.75, 3.05) is 36.5 Å². The average molecular weight is 538 g/mol. The maximum atomic E-state index is 11.3. The van der Waals surface area contributed by atoms with E-state index in [4.69, 9.17) is 0 Å². The molecule has 0 spiro atoms. The first kappa shape index (κ1) is 25.9. The van der Waals surface area contributed by atoms with Crippen LogP contribution in [0, 0.1) is 5.92 Å². The number of pyridine rings is 1. The molecule has 0 bridgehead atoms. The predicted molar refractivity (Wildman–Crippen MR) is 132 cm³/mol. The molecule has 7 nitrogen and oxygen atoms in total. The van der Waals surface area contributed by atoms with Gasteiger partial charge in [0.05, 0.1) is 12.3 Å². The van der Waals surface area contributed by atoms with Gasteiger partial charge >= 0.3 is 0 Å². The number of guanidine groups is 1. The molecule has 1 aliphatic rings. The minimum absolute atomic E-state index is 0. The Balaban J connectivity index is 0.00000420. The fourth-order valence-corrected chi connectivity index (χ4v) is 3.90. The van der Waals surface area contributed by atoms with E-state index in [1.807, 2.05) is 20.0 Å². The lowest BCUT2D eigenvalue weighted by Gasteiger charge is -2.31. The van der Waals surface area contributed by atoms with Gasteiger partial charge in [-0.25, -0.2) is 18.4 Å². The van der Waals surface area contributed by atoms with Gasteiger partial charge in [-0.05, 0) is 50.7 Å². The second-order valence-electron chi connectivity index (χ2n) is 7.85. The Morgan fingerprint density at radius 1 is 1.34 bits per heavy atom. The highest BCUT2D eigenvalue weighted by molar-refractivity contribution is 14.0. The summed E-state index contributed by atoms with van der Waals surface area (Å²) < 4.78 is 22.7. The predicted octanol–water partition coefficient (Wildman–Crippen LogP) is 2.81. The molecular weight excluding hydrogens is 501 g/mol. The fraction of sp³-hybridized carbons (Fsp3) is 0.700. The summed E-state index contributed by atoms with van der Waals surface area (Å²) in [6.07, 6.45) is 6.16. The Hall–Kier alpha value is -1.10. The molecule has 2 heterocycles. The number of hydrogen-bond donors (Lipinski definition) is 2. The summed E-state index contributed by atoms with van der Waals surface area (Å²) in [6, 6.07) is 4.19. The molecule has 1 atom stereocenters. The highest BCUT2D eigenvalue weighted by atomic mass is 127. The first-order valence-electron chi connectivity index (χ1n) is 10.2. The number of aromatic nitrogens is 1. The van der Waals surface area contributed by atoms with Crippen molar-refractivity contribution < 1.29 is 8.42 Å². The first-order valence-corrected chi connectivity index (χ1v) is 12.3. The van der Waals surface area contributed by atoms with Crippen LogP contribution in [-0.2, 0) is 16.4 Å². The minimum atomic E-state index is -2.95. The summed E-state index contributed by atoms with van der Waals surface area (Å²) in [5.41, 5.74) is 1.05. The van der Waals surface area contributed by atoms with Crippen LogP contribution >= 0.6 is 24.0 Å². The van der Waals surface area contributed by atoms with Crippen LogP contribution in [0.25, 0.3) is 0 Å². The first-order chi connectivity index (χ1) is 13.3. The van der Waals surface area contributed by atoms with E-state index in [0.29, 0.717) is 18.9 Å². The van der Waals surface area contributed by atoms with E-state index < -0.39 is 9.84 Å². The van der Waals surface area contributed by atoms with E-state index in [0.717, 1.165) is 36.9 Å². The SMILES string of the molecule is CCNC(=NCc1ccc(N2CCC(C)CC2)nc1)NC(C)CCS(C)(=O)=O.I. The second kappa shape index (κ2) is 12.6. The van der Waals surface area contributed by atoms with Gasteiger partial charge in [0.15, 0.2) is 5.96 Å². The Kier molecular flexibility index (Phi) is 11.2. The number of nitrogens with zero attached hydrogens (tertiary/aromatic N) is 3. The van der Waals surface area contributed by atoms with Crippen LogP contribution in [0.5, 0.6) is 0 Å². The third kappa shape index (κ3) is 9.97. The zero-order valence-corrected chi connectivity index (χ0v) is 21.2. The van der Waals surface area contributed by atoms with Crippen LogP contribution in [0.15, 0.2) is 23.3 Å². The fourth-order valence-electron chi connectivity index (χ4n) is 3.12. The Labute approximate surface area is 193 Å². The van der Waals surface area contributed by atoms with Crippen LogP contribution < -0.4 is 15.5 Å². The van der Waals surface area contributed by atoms with Gasteiger partial charge in [0.1, 0.15) is 15.7 Å². The molecule has 1 aromatic heterocycles. The van der Waals surface area contributed by atoms with E-state index >= 15 is 0 Å². The van der Waals surface area contributed by atoms with Gasteiger partial charge in [-0.15, -0.1) is 24.0 Å². The van der Waals surface area contributed by atoms with Gasteiger partial charge in [-0.3, -0.25) is 0 Å². The zero-order chi connectivity index (χ0) is 20.6. The molecule has 0 saturated carbocycles. The Morgan fingerprint density at radius 3 is 2.59 bits per heavy atom. The number of halogens is 1. The number of aliphatic imine (C=N–C) groups is 1. The molecule has 2 N–H and O–H groups in total. The maximum Gasteiger partial charge on any atom is 0.191 e. The van der Waals surface area contributed by atoms with Gasteiger partial charge in [-0.1, -0.05) is 13.0 Å². The summed E-state index contributed by atoms with van der Waals surface area (Å²) in [5, 5.41) is 6.48. The van der Waals surface area contributed by atoms with Crippen LogP contribution in [0.4, 0.5) is 5.82 Å². The lowest BCUT2D eigenvalue weighted by molar-refractivity contribution is 0.436. The largest absolute Gasteiger partial charge is 0.357 e. The molecule has 1 aromatic rings. The van der Waals surface area contributed by atoms with Crippen LogP contribution in [0.1, 0.15) is 45.6 Å². The molecule has 2 rings (SSSR count). The molecular formula is C20H36IN5O2S. The van der Waals surface area contributed by atoms with Gasteiger partial charge in [-0.2, -0.15) is 0 Å². The lowest BCUT2D eigenvalue weighted by Crippen LogP contribution is -2.42. The third-order valence-corrected chi connectivity index (χ3v) is 5.96. The molecule has 1 unspecified atom stereocenters. The maximum absolute atomic E-state index is 11.3. The van der Waals surface area contributed by atoms with Gasteiger partial charge in [0.2, 0.25) is 0 Å². The molecule has 1 fully saturated rings. The third-order valence-electron chi connectivity index (χ3n) is 4.99. The van der Waals surface area contributed by atoms with Crippen molar-refractivity contribution in [2.45, 2.75) is 52.6 Å². The molecule has 1 saturated heterocycles. The number of sulfone groups is 1. The molecule has 29 heavy (non-hydrogen) atoms. The van der Waals surface area contributed by atoms with Crippen molar-refractivity contribution >= 4 is 45.6 Å². The van der Waals surface area contributed by atoms with E-state index in [1.54, 1.807) is 0 Å². The Bertz CT molecular complexity index is 732. The summed E-state index contributed by atoms with van der Waals surface area (Å²) in [5.74, 6) is 2.71. The smallest absolute Gasteiger partial charge is 0.191 e. The number of nitrogens with one attached hydrogen (secondary N) is 2. The standard InChI is InChI=1S/C20H35N5O2S.HI/c1-5-21-20(24-17(3)10-13-28(4,26)27)23-15-18-6-7-19(22-14-18)25-11-8-16(2)9-12-25;/h6-7,14,16-17H,5,8-13,15H2,1-4H3,(H2,21,23,24);1H. The Morgan fingerprint density at radius 2 is 2.03 bits per heavy atom. The van der Waals surface area contributed by atoms with E-state index in [1.165, 1.54) is 19.1 Å². The summed E-state index contributed by atoms with van der Waals surface area (Å²) in [7, 11) is -2.95. The highest BCUT2D eigenvalue weighted by Crippen LogP contribution is 2.21. The van der Waals surface area contributed by atoms with Crippen LogP contribution in [0.3, 0.4) is 0 Å². The summed E-state index contributed by atoms with van der Waals surface area (Å²) in [6.45, 7) is 9.70. The average Bonchev–Trinajstić information content (AvgIpc) is 2.65. The molecule has 0 radical (unpaired) electrons. The van der Waals surface area contributed by atoms with Crippen molar-refractivity contribution in [3.63, 3.8) is 0 Å². The quantitative estimate of drug-likeness (QED) is 0.302. The molecule has 166 valence electrons. The van der Waals surface area contributed by atoms with Crippen LogP contribution in [0.2, 0.25) is 0 Å². The van der Waals surface area contributed by atoms with E-state index in [9.17, 15) is 8.42 Å². The van der Waals surface area contributed by atoms with Crippen molar-refractivity contribution in [1.82, 2.24) is 15.6 Å². The molecule has 9 heteroatoms. The van der Waals surface area contributed by atoms with Gasteiger partial charge < -0.3 is 15.5 Å². The zero-order valence-electron chi connectivity index (χ0n) is 18.0.